The van der Waals surface area contributed by atoms with Crippen molar-refractivity contribution in [3.8, 4) is 0 Å². The molecule has 0 aromatic heterocycles. The minimum atomic E-state index is -0.633. The highest BCUT2D eigenvalue weighted by Gasteiger charge is 2.54. The van der Waals surface area contributed by atoms with Gasteiger partial charge >= 0.3 is 0 Å². The molecule has 0 aliphatic heterocycles. The van der Waals surface area contributed by atoms with Crippen molar-refractivity contribution in [3.63, 3.8) is 0 Å². The van der Waals surface area contributed by atoms with Gasteiger partial charge in [-0.05, 0) is 99.4 Å². The molecule has 0 unspecified atom stereocenters. The van der Waals surface area contributed by atoms with E-state index in [1.54, 1.807) is 5.57 Å². The highest BCUT2D eigenvalue weighted by atomic mass is 16.3. The van der Waals surface area contributed by atoms with Crippen LogP contribution in [0.4, 0.5) is 0 Å². The van der Waals surface area contributed by atoms with E-state index in [0.717, 1.165) is 44.9 Å². The number of ketones is 1. The number of hydrogen-bond acceptors (Lipinski definition) is 3. The van der Waals surface area contributed by atoms with Gasteiger partial charge in [0.2, 0.25) is 0 Å². The fourth-order valence-corrected chi connectivity index (χ4v) is 7.60. The Kier molecular flexibility index (Phi) is 8.28. The molecule has 3 heteroatoms. The maximum atomic E-state index is 12.7. The van der Waals surface area contributed by atoms with Crippen molar-refractivity contribution in [1.29, 1.82) is 0 Å². The molecule has 0 bridgehead atoms. The second-order valence-corrected chi connectivity index (χ2v) is 12.4. The second kappa shape index (κ2) is 10.9. The van der Waals surface area contributed by atoms with Gasteiger partial charge in [0, 0.05) is 6.42 Å². The van der Waals surface area contributed by atoms with Gasteiger partial charge in [-0.25, -0.2) is 0 Å². The number of aliphatic hydroxyl groups excluding tert-OH is 2. The molecule has 4 aliphatic carbocycles. The van der Waals surface area contributed by atoms with E-state index in [1.165, 1.54) is 43.3 Å². The number of unbranched alkanes of at least 4 members (excludes halogenated alkanes) is 1. The van der Waals surface area contributed by atoms with Gasteiger partial charge in [-0.15, -0.1) is 0 Å². The molecule has 6 atom stereocenters. The van der Waals surface area contributed by atoms with Crippen LogP contribution in [0.15, 0.2) is 47.6 Å². The molecule has 35 heavy (non-hydrogen) atoms. The molecular weight excluding hydrogens is 432 g/mol. The number of fused-ring (bicyclic) bond motifs is 1. The van der Waals surface area contributed by atoms with E-state index in [2.05, 4.69) is 45.6 Å². The van der Waals surface area contributed by atoms with Crippen molar-refractivity contribution < 1.29 is 15.0 Å². The standard InChI is InChI=1S/C32H48O3/c1-5-6-9-29(34)32(19-20-32)30(35)17-11-23(3)27-15-16-28-24(8-7-18-31(27,28)4)12-13-25-21-26(33)14-10-22(25)2/h11-13,17,23,26-28,30,33,35H,2,5-10,14-16,18-21H2,1,3-4H3/b17-11+,24-12+,25-13-/t23-,26+,27-,28+,30-,31-/m1/s1. The molecule has 0 aromatic carbocycles. The van der Waals surface area contributed by atoms with Crippen LogP contribution in [0.3, 0.4) is 0 Å². The van der Waals surface area contributed by atoms with Gasteiger partial charge in [0.15, 0.2) is 0 Å². The lowest BCUT2D eigenvalue weighted by atomic mass is 9.61. The summed E-state index contributed by atoms with van der Waals surface area (Å²) in [7, 11) is 0. The Labute approximate surface area is 213 Å². The van der Waals surface area contributed by atoms with Crippen molar-refractivity contribution in [1.82, 2.24) is 0 Å². The van der Waals surface area contributed by atoms with Gasteiger partial charge in [0.25, 0.3) is 0 Å². The molecule has 4 fully saturated rings. The van der Waals surface area contributed by atoms with E-state index in [0.29, 0.717) is 24.2 Å². The predicted molar refractivity (Wildman–Crippen MR) is 144 cm³/mol. The molecule has 4 aliphatic rings. The lowest BCUT2D eigenvalue weighted by molar-refractivity contribution is -0.127. The summed E-state index contributed by atoms with van der Waals surface area (Å²) in [5, 5.41) is 21.0. The minimum Gasteiger partial charge on any atom is -0.393 e. The zero-order valence-corrected chi connectivity index (χ0v) is 22.4. The largest absolute Gasteiger partial charge is 0.393 e. The van der Waals surface area contributed by atoms with Gasteiger partial charge in [0.05, 0.1) is 17.6 Å². The average molecular weight is 481 g/mol. The third kappa shape index (κ3) is 5.47. The van der Waals surface area contributed by atoms with E-state index >= 15 is 0 Å². The Bertz CT molecular complexity index is 888. The van der Waals surface area contributed by atoms with Crippen molar-refractivity contribution in [2.45, 2.75) is 116 Å². The van der Waals surface area contributed by atoms with E-state index in [4.69, 9.17) is 0 Å². The molecule has 4 rings (SSSR count). The van der Waals surface area contributed by atoms with Gasteiger partial charge < -0.3 is 10.2 Å². The van der Waals surface area contributed by atoms with Gasteiger partial charge in [0.1, 0.15) is 5.78 Å². The molecule has 194 valence electrons. The normalized spacial score (nSPS) is 36.5. The maximum Gasteiger partial charge on any atom is 0.141 e. The monoisotopic (exact) mass is 480 g/mol. The van der Waals surface area contributed by atoms with Crippen molar-refractivity contribution in [3.05, 3.63) is 47.6 Å². The van der Waals surface area contributed by atoms with Crippen LogP contribution in [0.1, 0.15) is 104 Å². The van der Waals surface area contributed by atoms with Crippen LogP contribution in [0.5, 0.6) is 0 Å². The van der Waals surface area contributed by atoms with Crippen molar-refractivity contribution in [2.75, 3.05) is 0 Å². The number of rotatable bonds is 9. The highest BCUT2D eigenvalue weighted by molar-refractivity contribution is 5.88. The molecule has 2 N–H and O–H groups in total. The van der Waals surface area contributed by atoms with E-state index in [1.807, 2.05) is 6.08 Å². The number of carbonyl (C=O) groups is 1. The Morgan fingerprint density at radius 1 is 1.14 bits per heavy atom. The van der Waals surface area contributed by atoms with Gasteiger partial charge in [-0.3, -0.25) is 4.79 Å². The Balaban J connectivity index is 1.43. The van der Waals surface area contributed by atoms with Crippen LogP contribution in [-0.4, -0.2) is 28.2 Å². The zero-order chi connectivity index (χ0) is 25.2. The van der Waals surface area contributed by atoms with Crippen LogP contribution in [0.2, 0.25) is 0 Å². The van der Waals surface area contributed by atoms with E-state index in [9.17, 15) is 15.0 Å². The summed E-state index contributed by atoms with van der Waals surface area (Å²) in [5.41, 5.74) is 3.80. The summed E-state index contributed by atoms with van der Waals surface area (Å²) in [6.07, 6.45) is 20.8. The van der Waals surface area contributed by atoms with Crippen LogP contribution < -0.4 is 0 Å². The van der Waals surface area contributed by atoms with Crippen molar-refractivity contribution >= 4 is 5.78 Å². The topological polar surface area (TPSA) is 57.5 Å². The SMILES string of the molecule is C=C1CC[C@H](O)C/C1=C/C=C1\CCC[C@]2(C)[C@@H]([C@H](C)/C=C/[C@@H](O)C3(C(=O)CCCC)CC3)CC[C@@H]12. The quantitative estimate of drug-likeness (QED) is 0.342. The second-order valence-electron chi connectivity index (χ2n) is 12.4. The number of carbonyl (C=O) groups excluding carboxylic acids is 1. The number of Topliss-reactive ketones (excluding diaryl/α,β-unsaturated/α-hetero) is 1. The number of aliphatic hydroxyl groups is 2. The van der Waals surface area contributed by atoms with Crippen LogP contribution in [-0.2, 0) is 4.79 Å². The van der Waals surface area contributed by atoms with Crippen LogP contribution in [0, 0.1) is 28.6 Å². The first-order valence-electron chi connectivity index (χ1n) is 14.4. The summed E-state index contributed by atoms with van der Waals surface area (Å²) in [6, 6.07) is 0. The molecular formula is C32H48O3. The van der Waals surface area contributed by atoms with E-state index in [-0.39, 0.29) is 17.3 Å². The lowest BCUT2D eigenvalue weighted by Gasteiger charge is -2.44. The summed E-state index contributed by atoms with van der Waals surface area (Å²) in [5.74, 6) is 1.88. The Morgan fingerprint density at radius 3 is 2.63 bits per heavy atom. The molecule has 0 saturated heterocycles. The predicted octanol–water partition coefficient (Wildman–Crippen LogP) is 7.25. The molecule has 0 radical (unpaired) electrons. The molecule has 0 heterocycles. The zero-order valence-electron chi connectivity index (χ0n) is 22.4. The van der Waals surface area contributed by atoms with E-state index < -0.39 is 11.5 Å². The summed E-state index contributed by atoms with van der Waals surface area (Å²) in [6.45, 7) is 11.2. The molecule has 0 amide bonds. The first-order chi connectivity index (χ1) is 16.7. The molecule has 0 spiro atoms. The van der Waals surface area contributed by atoms with Crippen LogP contribution in [0.25, 0.3) is 0 Å². The number of allylic oxidation sites excluding steroid dienone is 5. The molecule has 4 saturated carbocycles. The fourth-order valence-electron chi connectivity index (χ4n) is 7.60. The first kappa shape index (κ1) is 26.6. The number of hydrogen-bond donors (Lipinski definition) is 2. The first-order valence-corrected chi connectivity index (χ1v) is 14.4. The Morgan fingerprint density at radius 2 is 1.91 bits per heavy atom. The smallest absolute Gasteiger partial charge is 0.141 e. The minimum absolute atomic E-state index is 0.225. The highest BCUT2D eigenvalue weighted by Crippen LogP contribution is 2.59. The third-order valence-electron chi connectivity index (χ3n) is 10.1. The summed E-state index contributed by atoms with van der Waals surface area (Å²) >= 11 is 0. The Hall–Kier alpha value is -1.45. The maximum absolute atomic E-state index is 12.7. The van der Waals surface area contributed by atoms with Crippen LogP contribution >= 0.6 is 0 Å². The fraction of sp³-hybridized carbons (Fsp3) is 0.719. The lowest BCUT2D eigenvalue weighted by Crippen LogP contribution is -2.35. The average Bonchev–Trinajstić information content (AvgIpc) is 3.57. The van der Waals surface area contributed by atoms with Gasteiger partial charge in [-0.1, -0.05) is 69.2 Å². The molecule has 3 nitrogen and oxygen atoms in total. The molecule has 0 aromatic rings. The van der Waals surface area contributed by atoms with Gasteiger partial charge in [-0.2, -0.15) is 0 Å². The summed E-state index contributed by atoms with van der Waals surface area (Å²) < 4.78 is 0. The third-order valence-corrected chi connectivity index (χ3v) is 10.1. The summed E-state index contributed by atoms with van der Waals surface area (Å²) in [4.78, 5) is 12.7. The van der Waals surface area contributed by atoms with Crippen molar-refractivity contribution in [2.24, 2.45) is 28.6 Å².